The molecule has 5 aromatic carbocycles. The fourth-order valence-corrected chi connectivity index (χ4v) is 4.07. The zero-order valence-electron chi connectivity index (χ0n) is 16.1. The first-order chi connectivity index (χ1) is 14.8. The molecule has 2 N–H and O–H groups in total. The highest BCUT2D eigenvalue weighted by atomic mass is 19.4. The lowest BCUT2D eigenvalue weighted by atomic mass is 9.92. The molecule has 0 fully saturated rings. The normalized spacial score (nSPS) is 13.2. The number of hydrogen-bond donors (Lipinski definition) is 2. The molecule has 5 aromatic rings. The average Bonchev–Trinajstić information content (AvgIpc) is 2.76. The van der Waals surface area contributed by atoms with E-state index >= 15 is 0 Å². The van der Waals surface area contributed by atoms with Crippen LogP contribution in [-0.2, 0) is 0 Å². The van der Waals surface area contributed by atoms with Gasteiger partial charge in [-0.05, 0) is 56.1 Å². The zero-order chi connectivity index (χ0) is 21.8. The van der Waals surface area contributed by atoms with Crippen LogP contribution in [0, 0.1) is 0 Å². The van der Waals surface area contributed by atoms with Gasteiger partial charge < -0.3 is 10.4 Å². The van der Waals surface area contributed by atoms with Crippen molar-refractivity contribution in [1.82, 2.24) is 0 Å². The van der Waals surface area contributed by atoms with Crippen molar-refractivity contribution in [2.75, 3.05) is 5.32 Å². The van der Waals surface area contributed by atoms with Crippen molar-refractivity contribution in [3.8, 4) is 0 Å². The maximum Gasteiger partial charge on any atom is 0.418 e. The van der Waals surface area contributed by atoms with Crippen LogP contribution in [0.15, 0.2) is 78.9 Å². The van der Waals surface area contributed by atoms with Gasteiger partial charge in [-0.2, -0.15) is 13.2 Å². The van der Waals surface area contributed by atoms with Crippen LogP contribution in [0.3, 0.4) is 0 Å². The van der Waals surface area contributed by atoms with E-state index in [1.165, 1.54) is 12.1 Å². The predicted octanol–water partition coefficient (Wildman–Crippen LogP) is 6.43. The molecular weight excluding hydrogens is 403 g/mol. The maximum atomic E-state index is 13.0. The molecule has 0 aliphatic heterocycles. The SMILES string of the molecule is O=C(Nc1ccc(C(O)C(F)(F)F)cc1)c1ccc2ccc3cccc4ccc1c2c34. The van der Waals surface area contributed by atoms with E-state index in [9.17, 15) is 23.1 Å². The van der Waals surface area contributed by atoms with Gasteiger partial charge in [-0.3, -0.25) is 4.79 Å². The Labute approximate surface area is 175 Å². The summed E-state index contributed by atoms with van der Waals surface area (Å²) in [6.45, 7) is 0. The highest BCUT2D eigenvalue weighted by Gasteiger charge is 2.39. The van der Waals surface area contributed by atoms with Gasteiger partial charge >= 0.3 is 6.18 Å². The molecule has 0 heterocycles. The van der Waals surface area contributed by atoms with E-state index in [4.69, 9.17) is 0 Å². The molecule has 0 bridgehead atoms. The van der Waals surface area contributed by atoms with E-state index in [0.29, 0.717) is 11.3 Å². The summed E-state index contributed by atoms with van der Waals surface area (Å²) < 4.78 is 38.0. The summed E-state index contributed by atoms with van der Waals surface area (Å²) in [5.41, 5.74) is 0.534. The smallest absolute Gasteiger partial charge is 0.379 e. The van der Waals surface area contributed by atoms with Crippen molar-refractivity contribution in [1.29, 1.82) is 0 Å². The molecule has 1 amide bonds. The van der Waals surface area contributed by atoms with Gasteiger partial charge in [0, 0.05) is 11.3 Å². The molecule has 0 aliphatic carbocycles. The van der Waals surface area contributed by atoms with Gasteiger partial charge in [-0.15, -0.1) is 0 Å². The van der Waals surface area contributed by atoms with Gasteiger partial charge in [0.15, 0.2) is 6.10 Å². The summed E-state index contributed by atoms with van der Waals surface area (Å²) >= 11 is 0. The van der Waals surface area contributed by atoms with Crippen LogP contribution in [0.2, 0.25) is 0 Å². The molecule has 3 nitrogen and oxygen atoms in total. The molecule has 1 unspecified atom stereocenters. The second-order valence-electron chi connectivity index (χ2n) is 7.49. The molecular formula is C25H16F3NO2. The number of halogens is 3. The van der Waals surface area contributed by atoms with Crippen molar-refractivity contribution in [3.05, 3.63) is 90.0 Å². The van der Waals surface area contributed by atoms with Gasteiger partial charge in [0.1, 0.15) is 0 Å². The first kappa shape index (κ1) is 19.3. The van der Waals surface area contributed by atoms with Crippen LogP contribution in [0.5, 0.6) is 0 Å². The number of nitrogens with one attached hydrogen (secondary N) is 1. The number of anilines is 1. The lowest BCUT2D eigenvalue weighted by molar-refractivity contribution is -0.206. The van der Waals surface area contributed by atoms with E-state index in [0.717, 1.165) is 44.5 Å². The quantitative estimate of drug-likeness (QED) is 0.331. The number of amides is 1. The minimum absolute atomic E-state index is 0.284. The number of benzene rings is 5. The number of alkyl halides is 3. The van der Waals surface area contributed by atoms with Crippen molar-refractivity contribution >= 4 is 43.9 Å². The van der Waals surface area contributed by atoms with Crippen LogP contribution < -0.4 is 5.32 Å². The second-order valence-corrected chi connectivity index (χ2v) is 7.49. The lowest BCUT2D eigenvalue weighted by Crippen LogP contribution is -2.20. The fraction of sp³-hybridized carbons (Fsp3) is 0.0800. The van der Waals surface area contributed by atoms with Gasteiger partial charge in [0.25, 0.3) is 5.91 Å². The Bertz CT molecular complexity index is 1410. The molecule has 0 saturated heterocycles. The molecule has 0 radical (unpaired) electrons. The van der Waals surface area contributed by atoms with Gasteiger partial charge in [-0.1, -0.05) is 60.7 Å². The molecule has 0 aliphatic rings. The summed E-state index contributed by atoms with van der Waals surface area (Å²) in [6.07, 6.45) is -7.30. The van der Waals surface area contributed by atoms with Crippen LogP contribution in [-0.4, -0.2) is 17.2 Å². The Morgan fingerprint density at radius 2 is 1.35 bits per heavy atom. The summed E-state index contributed by atoms with van der Waals surface area (Å²) in [5, 5.41) is 18.2. The summed E-state index contributed by atoms with van der Waals surface area (Å²) in [6, 6.07) is 22.7. The van der Waals surface area contributed by atoms with Crippen LogP contribution in [0.1, 0.15) is 22.0 Å². The summed E-state index contributed by atoms with van der Waals surface area (Å²) in [5.74, 6) is -0.359. The van der Waals surface area contributed by atoms with E-state index in [1.807, 2.05) is 42.5 Å². The Morgan fingerprint density at radius 3 is 2.00 bits per heavy atom. The van der Waals surface area contributed by atoms with Gasteiger partial charge in [-0.25, -0.2) is 0 Å². The minimum atomic E-state index is -4.74. The van der Waals surface area contributed by atoms with E-state index < -0.39 is 12.3 Å². The predicted molar refractivity (Wildman–Crippen MR) is 116 cm³/mol. The van der Waals surface area contributed by atoms with Crippen LogP contribution in [0.4, 0.5) is 18.9 Å². The third-order valence-corrected chi connectivity index (χ3v) is 5.57. The molecule has 5 rings (SSSR count). The van der Waals surface area contributed by atoms with Crippen molar-refractivity contribution in [2.24, 2.45) is 0 Å². The second kappa shape index (κ2) is 6.96. The van der Waals surface area contributed by atoms with Crippen molar-refractivity contribution in [3.63, 3.8) is 0 Å². The molecule has 0 aromatic heterocycles. The molecule has 1 atom stereocenters. The van der Waals surface area contributed by atoms with E-state index in [-0.39, 0.29) is 11.5 Å². The van der Waals surface area contributed by atoms with Crippen molar-refractivity contribution < 1.29 is 23.1 Å². The lowest BCUT2D eigenvalue weighted by Gasteiger charge is -2.16. The number of carbonyl (C=O) groups is 1. The Balaban J connectivity index is 1.52. The Morgan fingerprint density at radius 1 is 0.774 bits per heavy atom. The number of aliphatic hydroxyl groups is 1. The van der Waals surface area contributed by atoms with E-state index in [2.05, 4.69) is 11.4 Å². The molecule has 31 heavy (non-hydrogen) atoms. The highest BCUT2D eigenvalue weighted by molar-refractivity contribution is 6.27. The summed E-state index contributed by atoms with van der Waals surface area (Å²) in [7, 11) is 0. The van der Waals surface area contributed by atoms with Crippen LogP contribution in [0.25, 0.3) is 32.3 Å². The first-order valence-corrected chi connectivity index (χ1v) is 9.65. The number of hydrogen-bond acceptors (Lipinski definition) is 2. The third-order valence-electron chi connectivity index (χ3n) is 5.57. The minimum Gasteiger partial charge on any atom is -0.379 e. The van der Waals surface area contributed by atoms with Gasteiger partial charge in [0.2, 0.25) is 0 Å². The zero-order valence-corrected chi connectivity index (χ0v) is 16.1. The monoisotopic (exact) mass is 419 g/mol. The maximum absolute atomic E-state index is 13.0. The Hall–Kier alpha value is -3.64. The first-order valence-electron chi connectivity index (χ1n) is 9.65. The number of aliphatic hydroxyl groups excluding tert-OH is 1. The molecule has 6 heteroatoms. The van der Waals surface area contributed by atoms with Crippen molar-refractivity contribution in [2.45, 2.75) is 12.3 Å². The molecule has 0 saturated carbocycles. The topological polar surface area (TPSA) is 49.3 Å². The largest absolute Gasteiger partial charge is 0.418 e. The highest BCUT2D eigenvalue weighted by Crippen LogP contribution is 2.36. The van der Waals surface area contributed by atoms with E-state index in [1.54, 1.807) is 6.07 Å². The Kier molecular flexibility index (Phi) is 4.34. The standard InChI is InChI=1S/C25H16F3NO2/c26-25(27,28)23(30)17-6-10-18(11-7-17)29-24(31)20-13-9-16-5-4-14-2-1-3-15-8-12-19(20)22(16)21(14)15/h1-13,23,30H,(H,29,31). The number of rotatable bonds is 3. The van der Waals surface area contributed by atoms with Crippen LogP contribution >= 0.6 is 0 Å². The number of carbonyl (C=O) groups excluding carboxylic acids is 1. The fourth-order valence-electron chi connectivity index (χ4n) is 4.07. The average molecular weight is 419 g/mol. The molecule has 154 valence electrons. The summed E-state index contributed by atoms with van der Waals surface area (Å²) in [4.78, 5) is 13.0. The third kappa shape index (κ3) is 3.25. The van der Waals surface area contributed by atoms with Gasteiger partial charge in [0.05, 0.1) is 0 Å². The molecule has 0 spiro atoms.